The molecule has 3 aliphatic heterocycles. The van der Waals surface area contributed by atoms with Crippen molar-refractivity contribution in [2.75, 3.05) is 19.7 Å². The summed E-state index contributed by atoms with van der Waals surface area (Å²) in [5.41, 5.74) is 3.14. The Labute approximate surface area is 230 Å². The average Bonchev–Trinajstić information content (AvgIpc) is 2.97. The first-order valence-corrected chi connectivity index (χ1v) is 13.1. The molecule has 40 heavy (non-hydrogen) atoms. The molecule has 8 bridgehead atoms. The van der Waals surface area contributed by atoms with E-state index in [1.807, 2.05) is 47.4 Å². The van der Waals surface area contributed by atoms with Crippen LogP contribution in [0.25, 0.3) is 0 Å². The van der Waals surface area contributed by atoms with Gasteiger partial charge in [-0.15, -0.1) is 0 Å². The highest BCUT2D eigenvalue weighted by molar-refractivity contribution is 5.97. The van der Waals surface area contributed by atoms with Crippen LogP contribution in [-0.4, -0.2) is 46.5 Å². The second-order valence-electron chi connectivity index (χ2n) is 9.76. The predicted molar refractivity (Wildman–Crippen MR) is 147 cm³/mol. The lowest BCUT2D eigenvalue weighted by molar-refractivity contribution is 0.0693. The van der Waals surface area contributed by atoms with Crippen LogP contribution in [0.15, 0.2) is 83.8 Å². The number of fused-ring (bicyclic) bond motifs is 6. The Morgan fingerprint density at radius 2 is 1.80 bits per heavy atom. The van der Waals surface area contributed by atoms with Gasteiger partial charge in [-0.2, -0.15) is 0 Å². The molecule has 1 aromatic heterocycles. The topological polar surface area (TPSA) is 121 Å². The molecular weight excluding hydrogens is 510 g/mol. The number of H-pyrrole nitrogens is 1. The Morgan fingerprint density at radius 3 is 2.65 bits per heavy atom. The van der Waals surface area contributed by atoms with Gasteiger partial charge in [-0.05, 0) is 78.1 Å². The Kier molecular flexibility index (Phi) is 6.69. The molecule has 1 atom stereocenters. The van der Waals surface area contributed by atoms with Gasteiger partial charge in [0.15, 0.2) is 0 Å². The third kappa shape index (κ3) is 5.01. The number of carbonyl (C=O) groups excluding carboxylic acids is 2. The smallest absolute Gasteiger partial charge is 0.256 e. The number of carbonyl (C=O) groups is 2. The Hall–Kier alpha value is -5.05. The first kappa shape index (κ1) is 25.2. The van der Waals surface area contributed by atoms with Gasteiger partial charge in [0.2, 0.25) is 5.56 Å². The lowest BCUT2D eigenvalue weighted by Gasteiger charge is -2.38. The third-order valence-corrected chi connectivity index (χ3v) is 7.13. The molecule has 0 saturated heterocycles. The molecule has 3 aromatic carbocycles. The monoisotopic (exact) mass is 537 g/mol. The first-order chi connectivity index (χ1) is 19.5. The summed E-state index contributed by atoms with van der Waals surface area (Å²) >= 11 is 0. The van der Waals surface area contributed by atoms with Gasteiger partial charge in [0.25, 0.3) is 11.8 Å². The van der Waals surface area contributed by atoms with Crippen LogP contribution < -0.4 is 20.3 Å². The molecule has 0 fully saturated rings. The van der Waals surface area contributed by atoms with E-state index in [4.69, 9.17) is 9.47 Å². The molecule has 0 radical (unpaired) electrons. The minimum atomic E-state index is -0.397. The van der Waals surface area contributed by atoms with E-state index in [-0.39, 0.29) is 28.8 Å². The van der Waals surface area contributed by atoms with E-state index < -0.39 is 5.91 Å². The van der Waals surface area contributed by atoms with Crippen molar-refractivity contribution in [1.82, 2.24) is 15.2 Å². The fourth-order valence-electron chi connectivity index (χ4n) is 5.18. The van der Waals surface area contributed by atoms with Crippen molar-refractivity contribution in [3.63, 3.8) is 0 Å². The number of nitrogens with one attached hydrogen (secondary N) is 2. The number of hydrogen-bond donors (Lipinski definition) is 3. The lowest BCUT2D eigenvalue weighted by atomic mass is 9.87. The number of phenols is 1. The molecule has 9 nitrogen and oxygen atoms in total. The molecule has 2 amide bonds. The number of rotatable bonds is 1. The number of benzene rings is 3. The van der Waals surface area contributed by atoms with Crippen LogP contribution in [-0.2, 0) is 6.42 Å². The predicted octanol–water partition coefficient (Wildman–Crippen LogP) is 4.17. The standard InChI is InChI=1S/C31H27N3O6/c35-27-9-7-24-17-26(27)30(37)32-12-2-14-39-22-4-1-3-20(16-22)29-25-8-6-23(40-24)15-19(25)11-13-34(29)31(38)21-5-10-28(36)33-18-21/h1,3-10,15-18,29,35H,2,11-14H2,(H,32,37)(H,33,36). The lowest BCUT2D eigenvalue weighted by Crippen LogP contribution is -2.40. The molecule has 3 N–H and O–H groups in total. The minimum Gasteiger partial charge on any atom is -0.507 e. The Balaban J connectivity index is 1.43. The van der Waals surface area contributed by atoms with E-state index in [2.05, 4.69) is 10.3 Å². The fourth-order valence-corrected chi connectivity index (χ4v) is 5.18. The zero-order valence-electron chi connectivity index (χ0n) is 21.6. The van der Waals surface area contributed by atoms with Crippen molar-refractivity contribution in [2.45, 2.75) is 18.9 Å². The van der Waals surface area contributed by atoms with Crippen LogP contribution >= 0.6 is 0 Å². The fraction of sp³-hybridized carbons (Fsp3) is 0.194. The molecule has 9 heteroatoms. The van der Waals surface area contributed by atoms with Crippen LogP contribution in [0.4, 0.5) is 0 Å². The molecule has 1 unspecified atom stereocenters. The maximum Gasteiger partial charge on any atom is 0.256 e. The summed E-state index contributed by atoms with van der Waals surface area (Å²) in [4.78, 5) is 42.4. The second kappa shape index (κ2) is 10.6. The van der Waals surface area contributed by atoms with Crippen molar-refractivity contribution in [3.8, 4) is 23.0 Å². The molecule has 7 rings (SSSR count). The van der Waals surface area contributed by atoms with Gasteiger partial charge < -0.3 is 29.8 Å². The van der Waals surface area contributed by atoms with Gasteiger partial charge >= 0.3 is 0 Å². The highest BCUT2D eigenvalue weighted by Gasteiger charge is 2.33. The Bertz CT molecular complexity index is 1640. The van der Waals surface area contributed by atoms with Crippen molar-refractivity contribution >= 4 is 11.8 Å². The summed E-state index contributed by atoms with van der Waals surface area (Å²) in [7, 11) is 0. The number of ether oxygens (including phenoxy) is 2. The first-order valence-electron chi connectivity index (χ1n) is 13.1. The normalized spacial score (nSPS) is 16.6. The molecule has 4 heterocycles. The number of pyridine rings is 1. The van der Waals surface area contributed by atoms with Gasteiger partial charge in [0.05, 0.1) is 23.8 Å². The number of aromatic hydroxyl groups is 1. The average molecular weight is 538 g/mol. The highest BCUT2D eigenvalue weighted by atomic mass is 16.5. The number of aromatic amines is 1. The van der Waals surface area contributed by atoms with Crippen LogP contribution in [0.5, 0.6) is 23.0 Å². The SMILES string of the molecule is O=C1NCCCOc2cccc(c2)C2c3ccc(cc3CCN2C(=O)c2ccc(=O)[nH]c2)Oc2ccc(O)c1c2. The molecule has 0 saturated carbocycles. The second-order valence-corrected chi connectivity index (χ2v) is 9.76. The van der Waals surface area contributed by atoms with Crippen LogP contribution in [0.3, 0.4) is 0 Å². The van der Waals surface area contributed by atoms with Crippen LogP contribution in [0, 0.1) is 0 Å². The summed E-state index contributed by atoms with van der Waals surface area (Å²) in [6.45, 7) is 1.18. The molecule has 0 aliphatic carbocycles. The molecule has 3 aliphatic rings. The number of nitrogens with zero attached hydrogens (tertiary/aromatic N) is 1. The number of amides is 2. The summed E-state index contributed by atoms with van der Waals surface area (Å²) in [6, 6.07) is 20.5. The van der Waals surface area contributed by atoms with Crippen LogP contribution in [0.2, 0.25) is 0 Å². The zero-order chi connectivity index (χ0) is 27.6. The van der Waals surface area contributed by atoms with Gasteiger partial charge in [-0.3, -0.25) is 14.4 Å². The summed E-state index contributed by atoms with van der Waals surface area (Å²) < 4.78 is 12.1. The molecule has 0 spiro atoms. The van der Waals surface area contributed by atoms with E-state index in [1.54, 1.807) is 12.1 Å². The maximum atomic E-state index is 13.7. The summed E-state index contributed by atoms with van der Waals surface area (Å²) in [5.74, 6) is 0.932. The van der Waals surface area contributed by atoms with Gasteiger partial charge in [-0.25, -0.2) is 0 Å². The van der Waals surface area contributed by atoms with Crippen LogP contribution in [0.1, 0.15) is 49.9 Å². The van der Waals surface area contributed by atoms with E-state index in [9.17, 15) is 19.5 Å². The Morgan fingerprint density at radius 1 is 0.950 bits per heavy atom. The van der Waals surface area contributed by atoms with E-state index in [0.29, 0.717) is 55.4 Å². The maximum absolute atomic E-state index is 13.7. The summed E-state index contributed by atoms with van der Waals surface area (Å²) in [5, 5.41) is 13.1. The van der Waals surface area contributed by atoms with Gasteiger partial charge in [0.1, 0.15) is 23.0 Å². The van der Waals surface area contributed by atoms with Gasteiger partial charge in [-0.1, -0.05) is 18.2 Å². The van der Waals surface area contributed by atoms with Crippen molar-refractivity contribution < 1.29 is 24.2 Å². The quantitative estimate of drug-likeness (QED) is 0.335. The molecule has 4 aromatic rings. The van der Waals surface area contributed by atoms with E-state index in [1.165, 1.54) is 24.4 Å². The van der Waals surface area contributed by atoms with E-state index in [0.717, 1.165) is 16.7 Å². The third-order valence-electron chi connectivity index (χ3n) is 7.13. The highest BCUT2D eigenvalue weighted by Crippen LogP contribution is 2.39. The van der Waals surface area contributed by atoms with Crippen molar-refractivity contribution in [3.05, 3.63) is 117 Å². The van der Waals surface area contributed by atoms with Gasteiger partial charge in [0, 0.05) is 25.4 Å². The number of aromatic nitrogens is 1. The molecular formula is C31H27N3O6. The largest absolute Gasteiger partial charge is 0.507 e. The number of hydrogen-bond acceptors (Lipinski definition) is 6. The zero-order valence-corrected chi connectivity index (χ0v) is 21.6. The summed E-state index contributed by atoms with van der Waals surface area (Å²) in [6.07, 6.45) is 2.60. The molecule has 202 valence electrons. The van der Waals surface area contributed by atoms with E-state index >= 15 is 0 Å². The number of phenolic OH excluding ortho intramolecular Hbond substituents is 1. The van der Waals surface area contributed by atoms with Crippen molar-refractivity contribution in [2.24, 2.45) is 0 Å². The minimum absolute atomic E-state index is 0.127. The van der Waals surface area contributed by atoms with Crippen molar-refractivity contribution in [1.29, 1.82) is 0 Å².